The maximum atomic E-state index is 12.3. The van der Waals surface area contributed by atoms with Gasteiger partial charge in [0.15, 0.2) is 0 Å². The van der Waals surface area contributed by atoms with Gasteiger partial charge in [-0.05, 0) is 29.6 Å². The van der Waals surface area contributed by atoms with Gasteiger partial charge in [0.2, 0.25) is 5.91 Å². The van der Waals surface area contributed by atoms with Crippen LogP contribution in [0.5, 0.6) is 0 Å². The van der Waals surface area contributed by atoms with Crippen molar-refractivity contribution in [2.24, 2.45) is 22.7 Å². The lowest BCUT2D eigenvalue weighted by Crippen LogP contribution is -2.46. The minimum atomic E-state index is -0.684. The van der Waals surface area contributed by atoms with E-state index in [1.165, 1.54) is 6.42 Å². The van der Waals surface area contributed by atoms with E-state index in [-0.39, 0.29) is 22.7 Å². The van der Waals surface area contributed by atoms with E-state index >= 15 is 0 Å². The molecule has 19 heavy (non-hydrogen) atoms. The molecule has 2 aliphatic carbocycles. The van der Waals surface area contributed by atoms with E-state index in [0.717, 1.165) is 19.3 Å². The molecule has 2 atom stereocenters. The van der Waals surface area contributed by atoms with Crippen LogP contribution in [0.25, 0.3) is 0 Å². The van der Waals surface area contributed by atoms with Crippen LogP contribution >= 0.6 is 0 Å². The molecule has 2 saturated carbocycles. The maximum Gasteiger partial charge on any atom is 0.224 e. The molecule has 0 radical (unpaired) electrons. The van der Waals surface area contributed by atoms with Crippen LogP contribution in [0, 0.1) is 22.7 Å². The third kappa shape index (κ3) is 2.54. The molecule has 2 unspecified atom stereocenters. The van der Waals surface area contributed by atoms with E-state index in [2.05, 4.69) is 39.9 Å². The first-order valence-electron chi connectivity index (χ1n) is 7.60. The van der Waals surface area contributed by atoms with E-state index in [9.17, 15) is 9.90 Å². The second kappa shape index (κ2) is 4.47. The van der Waals surface area contributed by atoms with Crippen LogP contribution in [0.2, 0.25) is 0 Å². The van der Waals surface area contributed by atoms with Gasteiger partial charge in [-0.25, -0.2) is 0 Å². The lowest BCUT2D eigenvalue weighted by molar-refractivity contribution is -0.125. The van der Waals surface area contributed by atoms with Gasteiger partial charge in [0.1, 0.15) is 0 Å². The van der Waals surface area contributed by atoms with Crippen molar-refractivity contribution in [1.29, 1.82) is 0 Å². The predicted octanol–water partition coefficient (Wildman–Crippen LogP) is 2.73. The quantitative estimate of drug-likeness (QED) is 0.826. The van der Waals surface area contributed by atoms with E-state index in [0.29, 0.717) is 12.5 Å². The highest BCUT2D eigenvalue weighted by atomic mass is 16.3. The standard InChI is InChI=1S/C16H29NO2/c1-11-7-6-8-16(19,9-11)10-17-13(18)12-14(2,3)15(12,4)5/h11-12,19H,6-10H2,1-5H3,(H,17,18). The van der Waals surface area contributed by atoms with Crippen molar-refractivity contribution >= 4 is 5.91 Å². The number of carbonyl (C=O) groups is 1. The Hall–Kier alpha value is -0.570. The van der Waals surface area contributed by atoms with E-state index in [4.69, 9.17) is 0 Å². The average Bonchev–Trinajstić information content (AvgIpc) is 2.66. The van der Waals surface area contributed by atoms with Gasteiger partial charge in [-0.2, -0.15) is 0 Å². The summed E-state index contributed by atoms with van der Waals surface area (Å²) in [5, 5.41) is 13.5. The molecule has 2 rings (SSSR count). The summed E-state index contributed by atoms with van der Waals surface area (Å²) in [6.07, 6.45) is 3.88. The molecular weight excluding hydrogens is 238 g/mol. The lowest BCUT2D eigenvalue weighted by atomic mass is 9.79. The third-order valence-corrected chi connectivity index (χ3v) is 5.94. The molecule has 0 saturated heterocycles. The lowest BCUT2D eigenvalue weighted by Gasteiger charge is -2.35. The summed E-state index contributed by atoms with van der Waals surface area (Å²) in [5.41, 5.74) is -0.546. The number of hydrogen-bond acceptors (Lipinski definition) is 2. The Morgan fingerprint density at radius 3 is 2.32 bits per heavy atom. The van der Waals surface area contributed by atoms with Crippen molar-refractivity contribution in [3.63, 3.8) is 0 Å². The average molecular weight is 267 g/mol. The van der Waals surface area contributed by atoms with Crippen LogP contribution in [-0.2, 0) is 4.79 Å². The monoisotopic (exact) mass is 267 g/mol. The van der Waals surface area contributed by atoms with Gasteiger partial charge < -0.3 is 10.4 Å². The van der Waals surface area contributed by atoms with Gasteiger partial charge in [0.25, 0.3) is 0 Å². The Balaban J connectivity index is 1.88. The zero-order valence-corrected chi connectivity index (χ0v) is 13.0. The molecule has 0 spiro atoms. The minimum Gasteiger partial charge on any atom is -0.388 e. The van der Waals surface area contributed by atoms with Gasteiger partial charge in [0, 0.05) is 12.5 Å². The number of nitrogens with one attached hydrogen (secondary N) is 1. The molecule has 0 aromatic carbocycles. The number of aliphatic hydroxyl groups is 1. The summed E-state index contributed by atoms with van der Waals surface area (Å²) < 4.78 is 0. The van der Waals surface area contributed by atoms with Gasteiger partial charge in [-0.3, -0.25) is 4.79 Å². The van der Waals surface area contributed by atoms with Crippen LogP contribution < -0.4 is 5.32 Å². The Morgan fingerprint density at radius 1 is 1.26 bits per heavy atom. The minimum absolute atomic E-state index is 0.0690. The Kier molecular flexibility index (Phi) is 3.49. The highest BCUT2D eigenvalue weighted by Gasteiger charge is 2.68. The zero-order chi connectivity index (χ0) is 14.5. The first-order valence-corrected chi connectivity index (χ1v) is 7.60. The first-order chi connectivity index (χ1) is 8.60. The van der Waals surface area contributed by atoms with Crippen LogP contribution in [-0.4, -0.2) is 23.2 Å². The van der Waals surface area contributed by atoms with Gasteiger partial charge >= 0.3 is 0 Å². The summed E-state index contributed by atoms with van der Waals surface area (Å²) >= 11 is 0. The maximum absolute atomic E-state index is 12.3. The molecule has 2 aliphatic rings. The van der Waals surface area contributed by atoms with E-state index in [1.54, 1.807) is 0 Å². The molecule has 0 bridgehead atoms. The van der Waals surface area contributed by atoms with Crippen molar-refractivity contribution < 1.29 is 9.90 Å². The molecule has 3 nitrogen and oxygen atoms in total. The molecule has 0 aromatic rings. The number of hydrogen-bond donors (Lipinski definition) is 2. The number of carbonyl (C=O) groups excluding carboxylic acids is 1. The molecule has 0 aliphatic heterocycles. The van der Waals surface area contributed by atoms with Crippen LogP contribution in [0.1, 0.15) is 60.3 Å². The summed E-state index contributed by atoms with van der Waals surface area (Å²) in [7, 11) is 0. The fraction of sp³-hybridized carbons (Fsp3) is 0.938. The second-order valence-electron chi connectivity index (χ2n) is 8.02. The molecule has 0 heterocycles. The van der Waals surface area contributed by atoms with Crippen molar-refractivity contribution in [2.75, 3.05) is 6.54 Å². The summed E-state index contributed by atoms with van der Waals surface area (Å²) in [6.45, 7) is 11.2. The van der Waals surface area contributed by atoms with Crippen LogP contribution in [0.4, 0.5) is 0 Å². The van der Waals surface area contributed by atoms with Crippen LogP contribution in [0.3, 0.4) is 0 Å². The normalized spacial score (nSPS) is 36.8. The van der Waals surface area contributed by atoms with Gasteiger partial charge in [-0.1, -0.05) is 47.5 Å². The Morgan fingerprint density at radius 2 is 1.84 bits per heavy atom. The summed E-state index contributed by atoms with van der Waals surface area (Å²) in [5.74, 6) is 0.746. The summed E-state index contributed by atoms with van der Waals surface area (Å²) in [6, 6.07) is 0. The van der Waals surface area contributed by atoms with Crippen molar-refractivity contribution in [1.82, 2.24) is 5.32 Å². The van der Waals surface area contributed by atoms with E-state index < -0.39 is 5.60 Å². The molecule has 0 aromatic heterocycles. The van der Waals surface area contributed by atoms with Gasteiger partial charge in [-0.15, -0.1) is 0 Å². The molecular formula is C16H29NO2. The fourth-order valence-corrected chi connectivity index (χ4v) is 4.00. The van der Waals surface area contributed by atoms with Crippen molar-refractivity contribution in [3.8, 4) is 0 Å². The Labute approximate surface area is 117 Å². The van der Waals surface area contributed by atoms with E-state index in [1.807, 2.05) is 0 Å². The van der Waals surface area contributed by atoms with Crippen molar-refractivity contribution in [2.45, 2.75) is 65.9 Å². The Bertz CT molecular complexity index is 361. The predicted molar refractivity (Wildman–Crippen MR) is 76.6 cm³/mol. The largest absolute Gasteiger partial charge is 0.388 e. The highest BCUT2D eigenvalue weighted by molar-refractivity contribution is 5.84. The smallest absolute Gasteiger partial charge is 0.224 e. The molecule has 2 fully saturated rings. The molecule has 1 amide bonds. The van der Waals surface area contributed by atoms with Crippen molar-refractivity contribution in [3.05, 3.63) is 0 Å². The second-order valence-corrected chi connectivity index (χ2v) is 8.02. The zero-order valence-electron chi connectivity index (χ0n) is 13.0. The SMILES string of the molecule is CC1CCCC(O)(CNC(=O)C2C(C)(C)C2(C)C)C1. The molecule has 2 N–H and O–H groups in total. The first kappa shape index (κ1) is 14.8. The molecule has 110 valence electrons. The van der Waals surface area contributed by atoms with Crippen LogP contribution in [0.15, 0.2) is 0 Å². The number of rotatable bonds is 3. The third-order valence-electron chi connectivity index (χ3n) is 5.94. The topological polar surface area (TPSA) is 49.3 Å². The highest BCUT2D eigenvalue weighted by Crippen LogP contribution is 2.68. The summed E-state index contributed by atoms with van der Waals surface area (Å²) in [4.78, 5) is 12.3. The molecule has 3 heteroatoms. The van der Waals surface area contributed by atoms with Gasteiger partial charge in [0.05, 0.1) is 5.60 Å². The fourth-order valence-electron chi connectivity index (χ4n) is 4.00. The number of amides is 1.